The highest BCUT2D eigenvalue weighted by atomic mass is 19.3. The van der Waals surface area contributed by atoms with Crippen molar-refractivity contribution in [3.8, 4) is 0 Å². The summed E-state index contributed by atoms with van der Waals surface area (Å²) in [6.07, 6.45) is -0.555. The number of nitrogens with two attached hydrogens (primary N) is 1. The van der Waals surface area contributed by atoms with E-state index in [9.17, 15) is 18.4 Å². The summed E-state index contributed by atoms with van der Waals surface area (Å²) in [6.45, 7) is -1.12. The quantitative estimate of drug-likeness (QED) is 0.823. The minimum absolute atomic E-state index is 0.172. The highest BCUT2D eigenvalue weighted by molar-refractivity contribution is 6.21. The molecular weight excluding hydrogens is 242 g/mol. The molecule has 6 heteroatoms. The number of carbonyl (C=O) groups is 2. The molecule has 96 valence electrons. The van der Waals surface area contributed by atoms with Gasteiger partial charge in [-0.05, 0) is 18.7 Å². The lowest BCUT2D eigenvalue weighted by atomic mass is 10.1. The third-order valence-electron chi connectivity index (χ3n) is 2.78. The smallest absolute Gasteiger partial charge is 0.267 e. The van der Waals surface area contributed by atoms with Crippen LogP contribution in [-0.4, -0.2) is 35.7 Å². The molecule has 1 aliphatic heterocycles. The molecule has 2 rings (SSSR count). The standard InChI is InChI=1S/C12H12F2N2O2/c13-12(14,5-6-15)7-16-10(17)8-3-1-2-4-9(8)11(16)18/h1-4H,5-7,15H2. The number of rotatable bonds is 4. The molecule has 1 aromatic carbocycles. The number of alkyl halides is 2. The van der Waals surface area contributed by atoms with Crippen molar-refractivity contribution in [3.05, 3.63) is 35.4 Å². The monoisotopic (exact) mass is 254 g/mol. The topological polar surface area (TPSA) is 63.4 Å². The van der Waals surface area contributed by atoms with E-state index < -0.39 is 30.7 Å². The summed E-state index contributed by atoms with van der Waals surface area (Å²) in [5.41, 5.74) is 5.42. The normalized spacial score (nSPS) is 15.2. The Morgan fingerprint density at radius 1 is 1.11 bits per heavy atom. The summed E-state index contributed by atoms with van der Waals surface area (Å²) in [5.74, 6) is -4.50. The number of nitrogens with zero attached hydrogens (tertiary/aromatic N) is 1. The minimum atomic E-state index is -3.15. The highest BCUT2D eigenvalue weighted by Crippen LogP contribution is 2.27. The molecule has 18 heavy (non-hydrogen) atoms. The molecule has 0 aliphatic carbocycles. The summed E-state index contributed by atoms with van der Waals surface area (Å²) in [4.78, 5) is 24.2. The van der Waals surface area contributed by atoms with Crippen LogP contribution in [0.1, 0.15) is 27.1 Å². The Labute approximate surface area is 102 Å². The van der Waals surface area contributed by atoms with Crippen LogP contribution in [0.25, 0.3) is 0 Å². The van der Waals surface area contributed by atoms with Gasteiger partial charge in [0, 0.05) is 6.42 Å². The Bertz CT molecular complexity index is 468. The van der Waals surface area contributed by atoms with Gasteiger partial charge >= 0.3 is 0 Å². The molecule has 4 nitrogen and oxygen atoms in total. The summed E-state index contributed by atoms with van der Waals surface area (Å²) >= 11 is 0. The highest BCUT2D eigenvalue weighted by Gasteiger charge is 2.41. The van der Waals surface area contributed by atoms with Gasteiger partial charge in [-0.3, -0.25) is 14.5 Å². The average molecular weight is 254 g/mol. The number of hydrogen-bond acceptors (Lipinski definition) is 3. The van der Waals surface area contributed by atoms with Crippen LogP contribution in [0.5, 0.6) is 0 Å². The number of hydrogen-bond donors (Lipinski definition) is 1. The van der Waals surface area contributed by atoms with Crippen LogP contribution in [0.15, 0.2) is 24.3 Å². The van der Waals surface area contributed by atoms with Crippen LogP contribution in [0, 0.1) is 0 Å². The van der Waals surface area contributed by atoms with Gasteiger partial charge in [-0.1, -0.05) is 12.1 Å². The van der Waals surface area contributed by atoms with E-state index in [1.807, 2.05) is 0 Å². The van der Waals surface area contributed by atoms with Gasteiger partial charge in [0.2, 0.25) is 0 Å². The van der Waals surface area contributed by atoms with Crippen LogP contribution in [0.4, 0.5) is 8.78 Å². The first-order valence-electron chi connectivity index (χ1n) is 5.49. The molecule has 0 atom stereocenters. The van der Waals surface area contributed by atoms with E-state index in [2.05, 4.69) is 0 Å². The fraction of sp³-hybridized carbons (Fsp3) is 0.333. The van der Waals surface area contributed by atoms with Crippen LogP contribution in [0.3, 0.4) is 0 Å². The predicted octanol–water partition coefficient (Wildman–Crippen LogP) is 1.27. The summed E-state index contributed by atoms with van der Waals surface area (Å²) in [6, 6.07) is 6.09. The van der Waals surface area contributed by atoms with Gasteiger partial charge in [-0.25, -0.2) is 8.78 Å². The first-order chi connectivity index (χ1) is 8.46. The van der Waals surface area contributed by atoms with E-state index in [0.29, 0.717) is 4.90 Å². The molecule has 0 fully saturated rings. The molecule has 0 saturated heterocycles. The van der Waals surface area contributed by atoms with Gasteiger partial charge in [-0.15, -0.1) is 0 Å². The van der Waals surface area contributed by atoms with Crippen LogP contribution < -0.4 is 5.73 Å². The maximum Gasteiger partial charge on any atom is 0.267 e. The zero-order valence-corrected chi connectivity index (χ0v) is 9.53. The largest absolute Gasteiger partial charge is 0.330 e. The molecule has 1 heterocycles. The van der Waals surface area contributed by atoms with Gasteiger partial charge in [0.15, 0.2) is 0 Å². The first-order valence-corrected chi connectivity index (χ1v) is 5.49. The van der Waals surface area contributed by atoms with Crippen molar-refractivity contribution in [1.82, 2.24) is 4.90 Å². The molecule has 0 unspecified atom stereocenters. The number of fused-ring (bicyclic) bond motifs is 1. The van der Waals surface area contributed by atoms with Gasteiger partial charge in [0.25, 0.3) is 17.7 Å². The molecule has 0 radical (unpaired) electrons. The van der Waals surface area contributed by atoms with Crippen molar-refractivity contribution in [2.24, 2.45) is 5.73 Å². The van der Waals surface area contributed by atoms with E-state index in [4.69, 9.17) is 5.73 Å². The van der Waals surface area contributed by atoms with Crippen molar-refractivity contribution in [2.45, 2.75) is 12.3 Å². The van der Waals surface area contributed by atoms with Crippen molar-refractivity contribution < 1.29 is 18.4 Å². The van der Waals surface area contributed by atoms with E-state index in [1.165, 1.54) is 12.1 Å². The van der Waals surface area contributed by atoms with Crippen molar-refractivity contribution >= 4 is 11.8 Å². The lowest BCUT2D eigenvalue weighted by Gasteiger charge is -2.21. The maximum absolute atomic E-state index is 13.4. The molecule has 2 N–H and O–H groups in total. The molecule has 0 saturated carbocycles. The SMILES string of the molecule is NCCC(F)(F)CN1C(=O)c2ccccc2C1=O. The van der Waals surface area contributed by atoms with E-state index in [1.54, 1.807) is 12.1 Å². The van der Waals surface area contributed by atoms with Gasteiger partial charge < -0.3 is 5.73 Å². The lowest BCUT2D eigenvalue weighted by Crippen LogP contribution is -2.41. The zero-order valence-electron chi connectivity index (χ0n) is 9.53. The molecular formula is C12H12F2N2O2. The first kappa shape index (κ1) is 12.6. The Balaban J connectivity index is 2.24. The average Bonchev–Trinajstić information content (AvgIpc) is 2.55. The van der Waals surface area contributed by atoms with Crippen molar-refractivity contribution in [2.75, 3.05) is 13.1 Å². The van der Waals surface area contributed by atoms with Gasteiger partial charge in [-0.2, -0.15) is 0 Å². The second-order valence-corrected chi connectivity index (χ2v) is 4.14. The van der Waals surface area contributed by atoms with E-state index in [-0.39, 0.29) is 17.7 Å². The van der Waals surface area contributed by atoms with Crippen molar-refractivity contribution in [3.63, 3.8) is 0 Å². The Kier molecular flexibility index (Phi) is 3.13. The minimum Gasteiger partial charge on any atom is -0.330 e. The van der Waals surface area contributed by atoms with Gasteiger partial charge in [0.1, 0.15) is 0 Å². The Hall–Kier alpha value is -1.82. The number of carbonyl (C=O) groups excluding carboxylic acids is 2. The third kappa shape index (κ3) is 2.11. The molecule has 1 aliphatic rings. The van der Waals surface area contributed by atoms with Crippen LogP contribution in [0.2, 0.25) is 0 Å². The lowest BCUT2D eigenvalue weighted by molar-refractivity contribution is -0.0271. The number of imide groups is 1. The summed E-state index contributed by atoms with van der Waals surface area (Å²) < 4.78 is 26.8. The molecule has 2 amide bonds. The molecule has 0 spiro atoms. The van der Waals surface area contributed by atoms with E-state index in [0.717, 1.165) is 0 Å². The zero-order chi connectivity index (χ0) is 13.3. The number of benzene rings is 1. The third-order valence-corrected chi connectivity index (χ3v) is 2.78. The van der Waals surface area contributed by atoms with Crippen LogP contribution in [-0.2, 0) is 0 Å². The number of halogens is 2. The molecule has 1 aromatic rings. The predicted molar refractivity (Wildman–Crippen MR) is 60.4 cm³/mol. The van der Waals surface area contributed by atoms with Gasteiger partial charge in [0.05, 0.1) is 17.7 Å². The Morgan fingerprint density at radius 2 is 1.61 bits per heavy atom. The fourth-order valence-corrected chi connectivity index (χ4v) is 1.90. The maximum atomic E-state index is 13.4. The van der Waals surface area contributed by atoms with Crippen molar-refractivity contribution in [1.29, 1.82) is 0 Å². The molecule has 0 aromatic heterocycles. The van der Waals surface area contributed by atoms with E-state index >= 15 is 0 Å². The summed E-state index contributed by atoms with van der Waals surface area (Å²) in [7, 11) is 0. The fourth-order valence-electron chi connectivity index (χ4n) is 1.90. The Morgan fingerprint density at radius 3 is 2.06 bits per heavy atom. The van der Waals surface area contributed by atoms with Crippen LogP contribution >= 0.6 is 0 Å². The second kappa shape index (κ2) is 4.45. The summed E-state index contributed by atoms with van der Waals surface area (Å²) in [5, 5.41) is 0. The second-order valence-electron chi connectivity index (χ2n) is 4.14. The molecule has 0 bridgehead atoms. The number of amides is 2.